The molecular weight excluding hydrogens is 415 g/mol. The summed E-state index contributed by atoms with van der Waals surface area (Å²) in [5.41, 5.74) is 0. The predicted octanol–water partition coefficient (Wildman–Crippen LogP) is 4.79. The van der Waals surface area contributed by atoms with Crippen molar-refractivity contribution in [3.63, 3.8) is 0 Å². The number of hydrogen-bond acceptors (Lipinski definition) is 5. The first-order valence-electron chi connectivity index (χ1n) is 12.3. The molecule has 0 saturated carbocycles. The Morgan fingerprint density at radius 2 is 1.45 bits per heavy atom. The summed E-state index contributed by atoms with van der Waals surface area (Å²) in [6.45, 7) is 4.85. The molecule has 0 radical (unpaired) electrons. The Labute approximate surface area is 191 Å². The number of nitrogens with zero attached hydrogens (tertiary/aromatic N) is 1. The topological polar surface area (TPSA) is 87.7 Å². The lowest BCUT2D eigenvalue weighted by Gasteiger charge is -2.28. The van der Waals surface area contributed by atoms with Gasteiger partial charge < -0.3 is 23.7 Å². The zero-order valence-corrected chi connectivity index (χ0v) is 21.7. The van der Waals surface area contributed by atoms with Crippen LogP contribution < -0.4 is 10.2 Å². The summed E-state index contributed by atoms with van der Waals surface area (Å²) < 4.78 is 22.6. The number of likely N-dealkylation sites (N-methyl/N-ethyl adjacent to an activating group) is 1. The lowest BCUT2D eigenvalue weighted by atomic mass is 10.1. The second kappa shape index (κ2) is 18.0. The van der Waals surface area contributed by atoms with Crippen LogP contribution in [0.25, 0.3) is 0 Å². The van der Waals surface area contributed by atoms with E-state index in [9.17, 15) is 14.3 Å². The highest BCUT2D eigenvalue weighted by Gasteiger charge is 2.18. The van der Waals surface area contributed by atoms with E-state index in [0.29, 0.717) is 23.9 Å². The first-order valence-corrected chi connectivity index (χ1v) is 13.8. The maximum atomic E-state index is 12.3. The van der Waals surface area contributed by atoms with E-state index in [1.54, 1.807) is 0 Å². The third-order valence-corrected chi connectivity index (χ3v) is 6.19. The summed E-state index contributed by atoms with van der Waals surface area (Å²) in [5, 5.41) is 2.95. The van der Waals surface area contributed by atoms with Gasteiger partial charge in [-0.2, -0.15) is 0 Å². The van der Waals surface area contributed by atoms with Gasteiger partial charge in [0.1, 0.15) is 13.2 Å². The van der Waals surface area contributed by atoms with Crippen molar-refractivity contribution in [2.75, 3.05) is 40.9 Å². The lowest BCUT2D eigenvalue weighted by Crippen LogP contribution is -2.39. The van der Waals surface area contributed by atoms with Gasteiger partial charge >= 0.3 is 0 Å². The van der Waals surface area contributed by atoms with Gasteiger partial charge in [0.2, 0.25) is 5.91 Å². The van der Waals surface area contributed by atoms with E-state index in [-0.39, 0.29) is 25.2 Å². The monoisotopic (exact) mass is 464 g/mol. The van der Waals surface area contributed by atoms with E-state index in [0.717, 1.165) is 25.7 Å². The number of carbonyl (C=O) groups is 1. The highest BCUT2D eigenvalue weighted by Crippen LogP contribution is 2.38. The first kappa shape index (κ1) is 30.5. The number of quaternary nitrogens is 1. The van der Waals surface area contributed by atoms with Gasteiger partial charge in [0.05, 0.1) is 33.8 Å². The zero-order chi connectivity index (χ0) is 23.6. The molecule has 0 aromatic carbocycles. The molecule has 186 valence electrons. The number of phosphoric acid groups is 1. The molecule has 2 atom stereocenters. The van der Waals surface area contributed by atoms with E-state index >= 15 is 0 Å². The molecule has 2 unspecified atom stereocenters. The summed E-state index contributed by atoms with van der Waals surface area (Å²) in [6.07, 6.45) is 13.9. The standard InChI is InChI=1S/C23H49N2O5P/c1-6-8-10-11-12-13-14-15-16-18-23(26)24-22(17-9-7-2)21-30-31(27,28)29-20-19-25(3,4)5/h22H,6-21H2,1-5H3,(H-,24,26,27,28). The van der Waals surface area contributed by atoms with Crippen molar-refractivity contribution < 1.29 is 27.8 Å². The van der Waals surface area contributed by atoms with Gasteiger partial charge in [-0.3, -0.25) is 9.36 Å². The summed E-state index contributed by atoms with van der Waals surface area (Å²) in [5.74, 6) is -0.0284. The maximum absolute atomic E-state index is 12.3. The minimum atomic E-state index is -4.36. The Kier molecular flexibility index (Phi) is 17.8. The Morgan fingerprint density at radius 1 is 0.903 bits per heavy atom. The summed E-state index contributed by atoms with van der Waals surface area (Å²) in [7, 11) is 1.52. The molecule has 31 heavy (non-hydrogen) atoms. The van der Waals surface area contributed by atoms with Crippen molar-refractivity contribution >= 4 is 13.7 Å². The molecule has 0 heterocycles. The first-order chi connectivity index (χ1) is 14.6. The highest BCUT2D eigenvalue weighted by atomic mass is 31.2. The lowest BCUT2D eigenvalue weighted by molar-refractivity contribution is -0.870. The number of unbranched alkanes of at least 4 members (excludes halogenated alkanes) is 9. The summed E-state index contributed by atoms with van der Waals surface area (Å²) in [4.78, 5) is 24.3. The zero-order valence-electron chi connectivity index (χ0n) is 20.8. The van der Waals surface area contributed by atoms with Gasteiger partial charge in [-0.15, -0.1) is 0 Å². The van der Waals surface area contributed by atoms with Crippen LogP contribution in [0.2, 0.25) is 0 Å². The van der Waals surface area contributed by atoms with Crippen molar-refractivity contribution in [1.29, 1.82) is 0 Å². The van der Waals surface area contributed by atoms with Gasteiger partial charge in [-0.1, -0.05) is 78.1 Å². The van der Waals surface area contributed by atoms with Crippen LogP contribution in [0.4, 0.5) is 0 Å². The van der Waals surface area contributed by atoms with E-state index in [4.69, 9.17) is 9.05 Å². The van der Waals surface area contributed by atoms with Gasteiger partial charge in [-0.05, 0) is 12.8 Å². The van der Waals surface area contributed by atoms with Gasteiger partial charge in [0.25, 0.3) is 7.82 Å². The molecule has 0 bridgehead atoms. The van der Waals surface area contributed by atoms with Crippen molar-refractivity contribution in [2.45, 2.75) is 103 Å². The quantitative estimate of drug-likeness (QED) is 0.150. The largest absolute Gasteiger partial charge is 0.756 e. The van der Waals surface area contributed by atoms with Crippen molar-refractivity contribution in [2.24, 2.45) is 0 Å². The van der Waals surface area contributed by atoms with Crippen LogP contribution in [0.1, 0.15) is 97.3 Å². The minimum Gasteiger partial charge on any atom is -0.756 e. The fraction of sp³-hybridized carbons (Fsp3) is 0.957. The van der Waals surface area contributed by atoms with Crippen molar-refractivity contribution in [3.05, 3.63) is 0 Å². The number of carbonyl (C=O) groups excluding carboxylic acids is 1. The molecule has 1 N–H and O–H groups in total. The smallest absolute Gasteiger partial charge is 0.268 e. The van der Waals surface area contributed by atoms with Crippen LogP contribution in [0.15, 0.2) is 0 Å². The molecule has 0 aliphatic heterocycles. The SMILES string of the molecule is CCCCCCCCCCCC(=O)NC(CCCC)COP(=O)([O-])OCC[N+](C)(C)C. The number of nitrogens with one attached hydrogen (secondary N) is 1. The third kappa shape index (κ3) is 21.2. The van der Waals surface area contributed by atoms with Crippen LogP contribution in [0, 0.1) is 0 Å². The Balaban J connectivity index is 4.14. The minimum absolute atomic E-state index is 0.0284. The number of amides is 1. The fourth-order valence-electron chi connectivity index (χ4n) is 3.19. The molecule has 0 saturated heterocycles. The molecule has 0 aromatic rings. The molecule has 0 aliphatic rings. The maximum Gasteiger partial charge on any atom is 0.268 e. The second-order valence-corrected chi connectivity index (χ2v) is 11.0. The molecule has 8 heteroatoms. The van der Waals surface area contributed by atoms with Crippen LogP contribution in [-0.2, 0) is 18.4 Å². The van der Waals surface area contributed by atoms with E-state index in [1.165, 1.54) is 44.9 Å². The van der Waals surface area contributed by atoms with E-state index in [2.05, 4.69) is 19.2 Å². The van der Waals surface area contributed by atoms with Gasteiger partial charge in [0.15, 0.2) is 0 Å². The van der Waals surface area contributed by atoms with Crippen LogP contribution in [-0.4, -0.2) is 57.3 Å². The van der Waals surface area contributed by atoms with Gasteiger partial charge in [-0.25, -0.2) is 0 Å². The molecule has 7 nitrogen and oxygen atoms in total. The molecule has 0 spiro atoms. The van der Waals surface area contributed by atoms with Crippen molar-refractivity contribution in [1.82, 2.24) is 5.32 Å². The average molecular weight is 465 g/mol. The average Bonchev–Trinajstić information content (AvgIpc) is 2.67. The Hall–Kier alpha value is -0.460. The Bertz CT molecular complexity index is 497. The normalized spacial score (nSPS) is 14.9. The molecule has 0 fully saturated rings. The second-order valence-electron chi connectivity index (χ2n) is 9.58. The highest BCUT2D eigenvalue weighted by molar-refractivity contribution is 7.45. The fourth-order valence-corrected chi connectivity index (χ4v) is 3.93. The van der Waals surface area contributed by atoms with E-state index < -0.39 is 7.82 Å². The van der Waals surface area contributed by atoms with Crippen molar-refractivity contribution in [3.8, 4) is 0 Å². The molecule has 0 aromatic heterocycles. The molecule has 1 amide bonds. The van der Waals surface area contributed by atoms with Gasteiger partial charge in [0, 0.05) is 6.42 Å². The molecular formula is C23H49N2O5P. The van der Waals surface area contributed by atoms with Crippen LogP contribution in [0.3, 0.4) is 0 Å². The summed E-state index contributed by atoms with van der Waals surface area (Å²) in [6, 6.07) is -0.310. The van der Waals surface area contributed by atoms with E-state index in [1.807, 2.05) is 21.1 Å². The summed E-state index contributed by atoms with van der Waals surface area (Å²) >= 11 is 0. The number of hydrogen-bond donors (Lipinski definition) is 1. The molecule has 0 rings (SSSR count). The Morgan fingerprint density at radius 3 is 2.00 bits per heavy atom. The van der Waals surface area contributed by atoms with Crippen LogP contribution in [0.5, 0.6) is 0 Å². The molecule has 0 aliphatic carbocycles. The number of phosphoric ester groups is 1. The third-order valence-electron chi connectivity index (χ3n) is 5.22. The predicted molar refractivity (Wildman–Crippen MR) is 126 cm³/mol. The number of rotatable bonds is 21. The van der Waals surface area contributed by atoms with Crippen LogP contribution >= 0.6 is 7.82 Å².